The van der Waals surface area contributed by atoms with E-state index in [0.29, 0.717) is 6.42 Å². The van der Waals surface area contributed by atoms with Gasteiger partial charge in [0.25, 0.3) is 0 Å². The van der Waals surface area contributed by atoms with Gasteiger partial charge < -0.3 is 4.79 Å². The summed E-state index contributed by atoms with van der Waals surface area (Å²) in [5, 5.41) is 0. The molecule has 0 N–H and O–H groups in total. The first-order chi connectivity index (χ1) is 5.24. The van der Waals surface area contributed by atoms with Gasteiger partial charge in [-0.25, -0.2) is 0 Å². The van der Waals surface area contributed by atoms with Gasteiger partial charge in [0.05, 0.1) is 0 Å². The minimum atomic E-state index is 0.487. The lowest BCUT2D eigenvalue weighted by Gasteiger charge is -2.00. The van der Waals surface area contributed by atoms with Crippen LogP contribution in [0.5, 0.6) is 0 Å². The van der Waals surface area contributed by atoms with Crippen molar-refractivity contribution >= 4 is 22.2 Å². The number of aryl methyl sites for hydroxylation is 1. The monoisotopic (exact) mass is 212 g/mol. The van der Waals surface area contributed by atoms with Gasteiger partial charge in [-0.05, 0) is 24.1 Å². The van der Waals surface area contributed by atoms with E-state index in [2.05, 4.69) is 15.9 Å². The lowest BCUT2D eigenvalue weighted by molar-refractivity contribution is -0.107. The smallest absolute Gasteiger partial charge is 0.124 e. The Morgan fingerprint density at radius 1 is 1.55 bits per heavy atom. The molecule has 0 bridgehead atoms. The summed E-state index contributed by atoms with van der Waals surface area (Å²) in [6.07, 6.45) is 1.40. The maximum atomic E-state index is 10.2. The van der Waals surface area contributed by atoms with Crippen LogP contribution >= 0.6 is 15.9 Å². The molecule has 0 aromatic heterocycles. The van der Waals surface area contributed by atoms with E-state index in [0.717, 1.165) is 16.3 Å². The Morgan fingerprint density at radius 2 is 2.27 bits per heavy atom. The third kappa shape index (κ3) is 2.15. The summed E-state index contributed by atoms with van der Waals surface area (Å²) in [5.41, 5.74) is 2.25. The molecule has 0 aliphatic heterocycles. The predicted octanol–water partition coefficient (Wildman–Crippen LogP) is 2.50. The standard InChI is InChI=1S/C9H9BrO/c1-7-2-3-8(4-5-11)9(10)6-7/h2-3,5-6H,4H2,1H3. The number of halogens is 1. The number of carbonyl (C=O) groups is 1. The lowest BCUT2D eigenvalue weighted by Crippen LogP contribution is -1.87. The topological polar surface area (TPSA) is 17.1 Å². The van der Waals surface area contributed by atoms with Crippen LogP contribution < -0.4 is 0 Å². The van der Waals surface area contributed by atoms with Crippen molar-refractivity contribution in [2.75, 3.05) is 0 Å². The molecule has 0 amide bonds. The van der Waals surface area contributed by atoms with Crippen molar-refractivity contribution in [3.63, 3.8) is 0 Å². The van der Waals surface area contributed by atoms with Crippen LogP contribution in [0.1, 0.15) is 11.1 Å². The molecule has 1 aromatic carbocycles. The highest BCUT2D eigenvalue weighted by Crippen LogP contribution is 2.17. The number of rotatable bonds is 2. The fourth-order valence-corrected chi connectivity index (χ4v) is 1.56. The van der Waals surface area contributed by atoms with Crippen molar-refractivity contribution < 1.29 is 4.79 Å². The van der Waals surface area contributed by atoms with Crippen LogP contribution in [0, 0.1) is 6.92 Å². The van der Waals surface area contributed by atoms with E-state index >= 15 is 0 Å². The largest absolute Gasteiger partial charge is 0.303 e. The van der Waals surface area contributed by atoms with E-state index < -0.39 is 0 Å². The van der Waals surface area contributed by atoms with Gasteiger partial charge in [0.1, 0.15) is 6.29 Å². The number of carbonyl (C=O) groups excluding carboxylic acids is 1. The molecule has 0 unspecified atom stereocenters. The summed E-state index contributed by atoms with van der Waals surface area (Å²) in [4.78, 5) is 10.2. The average molecular weight is 213 g/mol. The summed E-state index contributed by atoms with van der Waals surface area (Å²) in [6.45, 7) is 2.02. The molecule has 2 heteroatoms. The van der Waals surface area contributed by atoms with E-state index in [9.17, 15) is 4.79 Å². The molecule has 1 nitrogen and oxygen atoms in total. The third-order valence-electron chi connectivity index (χ3n) is 1.51. The number of hydrogen-bond donors (Lipinski definition) is 0. The zero-order chi connectivity index (χ0) is 8.27. The molecule has 1 rings (SSSR count). The Morgan fingerprint density at radius 3 is 2.82 bits per heavy atom. The third-order valence-corrected chi connectivity index (χ3v) is 2.25. The zero-order valence-corrected chi connectivity index (χ0v) is 7.89. The molecular formula is C9H9BrO. The molecule has 0 saturated heterocycles. The Labute approximate surface area is 74.6 Å². The van der Waals surface area contributed by atoms with E-state index in [1.165, 1.54) is 5.56 Å². The number of aldehydes is 1. The van der Waals surface area contributed by atoms with Crippen LogP contribution in [0.25, 0.3) is 0 Å². The van der Waals surface area contributed by atoms with Crippen LogP contribution in [0.15, 0.2) is 22.7 Å². The average Bonchev–Trinajstić information content (AvgIpc) is 1.95. The van der Waals surface area contributed by atoms with Gasteiger partial charge in [-0.3, -0.25) is 0 Å². The maximum absolute atomic E-state index is 10.2. The van der Waals surface area contributed by atoms with Crippen LogP contribution in [-0.2, 0) is 11.2 Å². The Bertz CT molecular complexity index is 268. The highest BCUT2D eigenvalue weighted by atomic mass is 79.9. The molecule has 0 saturated carbocycles. The predicted molar refractivity (Wildman–Crippen MR) is 48.6 cm³/mol. The van der Waals surface area contributed by atoms with E-state index in [4.69, 9.17) is 0 Å². The van der Waals surface area contributed by atoms with Crippen LogP contribution in [0.4, 0.5) is 0 Å². The quantitative estimate of drug-likeness (QED) is 0.689. The minimum Gasteiger partial charge on any atom is -0.303 e. The van der Waals surface area contributed by atoms with Gasteiger partial charge in [0, 0.05) is 10.9 Å². The fraction of sp³-hybridized carbons (Fsp3) is 0.222. The lowest BCUT2D eigenvalue weighted by atomic mass is 10.1. The van der Waals surface area contributed by atoms with Gasteiger partial charge >= 0.3 is 0 Å². The Hall–Kier alpha value is -0.630. The van der Waals surface area contributed by atoms with Crippen molar-refractivity contribution in [3.05, 3.63) is 33.8 Å². The van der Waals surface area contributed by atoms with Crippen molar-refractivity contribution in [3.8, 4) is 0 Å². The molecule has 58 valence electrons. The van der Waals surface area contributed by atoms with Crippen LogP contribution in [0.2, 0.25) is 0 Å². The second kappa shape index (κ2) is 3.67. The van der Waals surface area contributed by atoms with E-state index in [-0.39, 0.29) is 0 Å². The summed E-state index contributed by atoms with van der Waals surface area (Å²) < 4.78 is 1.02. The summed E-state index contributed by atoms with van der Waals surface area (Å²) in [7, 11) is 0. The van der Waals surface area contributed by atoms with Gasteiger partial charge in [0.15, 0.2) is 0 Å². The van der Waals surface area contributed by atoms with Gasteiger partial charge in [-0.2, -0.15) is 0 Å². The van der Waals surface area contributed by atoms with Crippen molar-refractivity contribution in [1.29, 1.82) is 0 Å². The molecule has 0 aliphatic rings. The second-order valence-electron chi connectivity index (χ2n) is 2.47. The summed E-state index contributed by atoms with van der Waals surface area (Å²) >= 11 is 3.39. The van der Waals surface area contributed by atoms with Crippen LogP contribution in [-0.4, -0.2) is 6.29 Å². The molecule has 1 aromatic rings. The molecule has 0 spiro atoms. The first kappa shape index (κ1) is 8.47. The molecule has 0 radical (unpaired) electrons. The molecular weight excluding hydrogens is 204 g/mol. The summed E-state index contributed by atoms with van der Waals surface area (Å²) in [6, 6.07) is 5.98. The maximum Gasteiger partial charge on any atom is 0.124 e. The first-order valence-corrected chi connectivity index (χ1v) is 4.22. The normalized spacial score (nSPS) is 9.64. The fourth-order valence-electron chi connectivity index (χ4n) is 0.908. The van der Waals surface area contributed by atoms with Gasteiger partial charge in [0.2, 0.25) is 0 Å². The second-order valence-corrected chi connectivity index (χ2v) is 3.32. The number of hydrogen-bond acceptors (Lipinski definition) is 1. The first-order valence-electron chi connectivity index (χ1n) is 3.42. The van der Waals surface area contributed by atoms with E-state index in [1.807, 2.05) is 25.1 Å². The van der Waals surface area contributed by atoms with Crippen LogP contribution in [0.3, 0.4) is 0 Å². The number of benzene rings is 1. The molecule has 0 aliphatic carbocycles. The minimum absolute atomic E-state index is 0.487. The van der Waals surface area contributed by atoms with Crippen molar-refractivity contribution in [1.82, 2.24) is 0 Å². The molecule has 11 heavy (non-hydrogen) atoms. The Balaban J connectivity index is 2.98. The van der Waals surface area contributed by atoms with Crippen molar-refractivity contribution in [2.45, 2.75) is 13.3 Å². The highest BCUT2D eigenvalue weighted by Gasteiger charge is 1.97. The Kier molecular flexibility index (Phi) is 2.83. The summed E-state index contributed by atoms with van der Waals surface area (Å²) in [5.74, 6) is 0. The highest BCUT2D eigenvalue weighted by molar-refractivity contribution is 9.10. The van der Waals surface area contributed by atoms with Gasteiger partial charge in [-0.15, -0.1) is 0 Å². The van der Waals surface area contributed by atoms with E-state index in [1.54, 1.807) is 0 Å². The zero-order valence-electron chi connectivity index (χ0n) is 6.30. The SMILES string of the molecule is Cc1ccc(CC=O)c(Br)c1. The molecule has 0 atom stereocenters. The molecule has 0 fully saturated rings. The molecule has 0 heterocycles. The van der Waals surface area contributed by atoms with Crippen molar-refractivity contribution in [2.24, 2.45) is 0 Å². The van der Waals surface area contributed by atoms with Gasteiger partial charge in [-0.1, -0.05) is 28.1 Å².